The topological polar surface area (TPSA) is 59.4 Å². The second-order valence-electron chi connectivity index (χ2n) is 8.34. The molecule has 1 aliphatic heterocycles. The molecule has 1 aliphatic rings. The lowest BCUT2D eigenvalue weighted by atomic mass is 9.91. The Labute approximate surface area is 187 Å². The van der Waals surface area contributed by atoms with Crippen LogP contribution in [0.25, 0.3) is 28.5 Å². The van der Waals surface area contributed by atoms with Gasteiger partial charge in [0.15, 0.2) is 0 Å². The zero-order valence-electron chi connectivity index (χ0n) is 18.2. The van der Waals surface area contributed by atoms with E-state index in [1.165, 1.54) is 6.07 Å². The summed E-state index contributed by atoms with van der Waals surface area (Å²) in [6.45, 7) is 4.09. The van der Waals surface area contributed by atoms with Crippen molar-refractivity contribution in [1.29, 1.82) is 0 Å². The maximum Gasteiger partial charge on any atom is 0.309 e. The Morgan fingerprint density at radius 3 is 2.50 bits per heavy atom. The molecule has 0 aliphatic carbocycles. The molecule has 1 fully saturated rings. The summed E-state index contributed by atoms with van der Waals surface area (Å²) in [5.41, 5.74) is 4.52. The highest BCUT2D eigenvalue weighted by Gasteiger charge is 2.26. The molecular weight excluding hydrogens is 405 g/mol. The molecule has 0 bridgehead atoms. The van der Waals surface area contributed by atoms with E-state index in [1.54, 1.807) is 18.2 Å². The molecule has 4 nitrogen and oxygen atoms in total. The second-order valence-corrected chi connectivity index (χ2v) is 8.34. The lowest BCUT2D eigenvalue weighted by Gasteiger charge is -2.24. The fourth-order valence-electron chi connectivity index (χ4n) is 3.98. The van der Waals surface area contributed by atoms with E-state index in [9.17, 15) is 14.3 Å². The Morgan fingerprint density at radius 2 is 1.81 bits per heavy atom. The minimum atomic E-state index is -0.722. The van der Waals surface area contributed by atoms with E-state index in [2.05, 4.69) is 0 Å². The Kier molecular flexibility index (Phi) is 6.47. The van der Waals surface area contributed by atoms with Gasteiger partial charge in [-0.15, -0.1) is 0 Å². The van der Waals surface area contributed by atoms with Crippen molar-refractivity contribution in [2.45, 2.75) is 44.8 Å². The number of pyridine rings is 1. The van der Waals surface area contributed by atoms with Gasteiger partial charge in [0.25, 0.3) is 0 Å². The molecule has 1 saturated heterocycles. The third-order valence-electron chi connectivity index (χ3n) is 5.54. The van der Waals surface area contributed by atoms with Crippen molar-refractivity contribution in [3.63, 3.8) is 0 Å². The molecule has 2 unspecified atom stereocenters. The zero-order valence-corrected chi connectivity index (χ0v) is 18.2. The van der Waals surface area contributed by atoms with Gasteiger partial charge in [0.1, 0.15) is 11.9 Å². The maximum absolute atomic E-state index is 14.9. The van der Waals surface area contributed by atoms with Gasteiger partial charge in [0, 0.05) is 23.1 Å². The molecule has 2 heterocycles. The maximum atomic E-state index is 14.9. The van der Waals surface area contributed by atoms with Crippen molar-refractivity contribution < 1.29 is 19.0 Å². The van der Waals surface area contributed by atoms with Crippen LogP contribution in [0.2, 0.25) is 0 Å². The summed E-state index contributed by atoms with van der Waals surface area (Å²) in [7, 11) is 0. The van der Waals surface area contributed by atoms with E-state index in [-0.39, 0.29) is 18.2 Å². The summed E-state index contributed by atoms with van der Waals surface area (Å²) < 4.78 is 20.2. The van der Waals surface area contributed by atoms with Gasteiger partial charge in [-0.2, -0.15) is 0 Å². The van der Waals surface area contributed by atoms with Crippen LogP contribution >= 0.6 is 0 Å². The van der Waals surface area contributed by atoms with Crippen LogP contribution in [0.5, 0.6) is 0 Å². The van der Waals surface area contributed by atoms with Gasteiger partial charge in [-0.25, -0.2) is 4.39 Å². The van der Waals surface area contributed by atoms with Crippen molar-refractivity contribution in [1.82, 2.24) is 4.98 Å². The summed E-state index contributed by atoms with van der Waals surface area (Å²) in [6.07, 6.45) is 2.69. The molecule has 0 radical (unpaired) electrons. The quantitative estimate of drug-likeness (QED) is 0.522. The van der Waals surface area contributed by atoms with Gasteiger partial charge in [-0.05, 0) is 29.7 Å². The minimum absolute atomic E-state index is 0.00931. The van der Waals surface area contributed by atoms with Crippen LogP contribution in [0, 0.1) is 5.82 Å². The summed E-state index contributed by atoms with van der Waals surface area (Å²) in [5, 5.41) is 9.92. The molecule has 32 heavy (non-hydrogen) atoms. The minimum Gasteiger partial charge on any atom is -0.458 e. The smallest absolute Gasteiger partial charge is 0.309 e. The Morgan fingerprint density at radius 1 is 1.09 bits per heavy atom. The Hall–Kier alpha value is -3.31. The van der Waals surface area contributed by atoms with E-state index < -0.39 is 18.2 Å². The predicted molar refractivity (Wildman–Crippen MR) is 123 cm³/mol. The van der Waals surface area contributed by atoms with Crippen LogP contribution in [-0.2, 0) is 9.53 Å². The highest BCUT2D eigenvalue weighted by Crippen LogP contribution is 2.35. The highest BCUT2D eigenvalue weighted by molar-refractivity contribution is 5.81. The average molecular weight is 432 g/mol. The highest BCUT2D eigenvalue weighted by atomic mass is 19.1. The van der Waals surface area contributed by atoms with Crippen LogP contribution in [-0.4, -0.2) is 28.3 Å². The number of hydrogen-bond acceptors (Lipinski definition) is 4. The van der Waals surface area contributed by atoms with Crippen molar-refractivity contribution in [3.8, 4) is 22.4 Å². The van der Waals surface area contributed by atoms with Crippen molar-refractivity contribution in [3.05, 3.63) is 83.8 Å². The Bertz CT molecular complexity index is 1140. The first-order valence-corrected chi connectivity index (χ1v) is 10.8. The van der Waals surface area contributed by atoms with Crippen LogP contribution in [0.4, 0.5) is 4.39 Å². The molecule has 1 N–H and O–H groups in total. The number of aromatic nitrogens is 1. The summed E-state index contributed by atoms with van der Waals surface area (Å²) in [5.74, 6) is -0.667. The number of esters is 1. The number of halogens is 1. The van der Waals surface area contributed by atoms with Gasteiger partial charge in [-0.1, -0.05) is 68.5 Å². The first-order chi connectivity index (χ1) is 15.4. The lowest BCUT2D eigenvalue weighted by molar-refractivity contribution is -0.156. The molecule has 3 aromatic rings. The molecule has 0 saturated carbocycles. The fraction of sp³-hybridized carbons (Fsp3) is 0.259. The number of carbonyl (C=O) groups is 1. The van der Waals surface area contributed by atoms with Gasteiger partial charge in [-0.3, -0.25) is 9.78 Å². The normalized spacial score (nSPS) is 18.8. The summed E-state index contributed by atoms with van der Waals surface area (Å²) >= 11 is 0. The van der Waals surface area contributed by atoms with E-state index in [0.717, 1.165) is 28.1 Å². The lowest BCUT2D eigenvalue weighted by Crippen LogP contribution is -2.31. The number of hydrogen-bond donors (Lipinski definition) is 1. The van der Waals surface area contributed by atoms with Crippen LogP contribution in [0.1, 0.15) is 43.9 Å². The first kappa shape index (κ1) is 21.9. The van der Waals surface area contributed by atoms with Crippen LogP contribution < -0.4 is 0 Å². The van der Waals surface area contributed by atoms with Gasteiger partial charge in [0.2, 0.25) is 0 Å². The third-order valence-corrected chi connectivity index (χ3v) is 5.54. The average Bonchev–Trinajstić information content (AvgIpc) is 2.77. The molecule has 2 aromatic carbocycles. The number of benzene rings is 2. The molecule has 0 spiro atoms. The molecular formula is C27H26FNO3. The second kappa shape index (κ2) is 9.45. The molecule has 1 aromatic heterocycles. The number of rotatable bonds is 5. The number of aliphatic hydroxyl groups excluding tert-OH is 1. The predicted octanol–water partition coefficient (Wildman–Crippen LogP) is 5.76. The number of nitrogens with zero attached hydrogens (tertiary/aromatic N) is 1. The van der Waals surface area contributed by atoms with E-state index in [0.29, 0.717) is 12.0 Å². The standard InChI is InChI=1S/C27H26FNO3/c1-17(2)27-22(13-12-20-14-19(30)15-26(31)32-20)23(21-10-6-7-11-24(21)28)16-25(29-27)18-8-4-3-5-9-18/h3-13,16-17,19-20,30H,14-15H2,1-2H3/b13-12+. The SMILES string of the molecule is CC(C)c1nc(-c2ccccc2)cc(-c2ccccc2F)c1/C=C/C1CC(O)CC(=O)O1. The third kappa shape index (κ3) is 4.78. The molecule has 0 amide bonds. The largest absolute Gasteiger partial charge is 0.458 e. The van der Waals surface area contributed by atoms with E-state index in [4.69, 9.17) is 9.72 Å². The molecule has 2 atom stereocenters. The fourth-order valence-corrected chi connectivity index (χ4v) is 3.98. The molecule has 5 heteroatoms. The number of cyclic esters (lactones) is 1. The van der Waals surface area contributed by atoms with Gasteiger partial charge < -0.3 is 9.84 Å². The van der Waals surface area contributed by atoms with Gasteiger partial charge in [0.05, 0.1) is 23.9 Å². The van der Waals surface area contributed by atoms with E-state index >= 15 is 0 Å². The van der Waals surface area contributed by atoms with E-state index in [1.807, 2.05) is 62.4 Å². The van der Waals surface area contributed by atoms with Crippen molar-refractivity contribution in [2.24, 2.45) is 0 Å². The van der Waals surface area contributed by atoms with Crippen LogP contribution in [0.3, 0.4) is 0 Å². The number of ether oxygens (including phenoxy) is 1. The molecule has 164 valence electrons. The first-order valence-electron chi connectivity index (χ1n) is 10.8. The van der Waals surface area contributed by atoms with Crippen molar-refractivity contribution >= 4 is 12.0 Å². The zero-order chi connectivity index (χ0) is 22.7. The summed E-state index contributed by atoms with van der Waals surface area (Å²) in [4.78, 5) is 16.6. The number of carbonyl (C=O) groups excluding carboxylic acids is 1. The summed E-state index contributed by atoms with van der Waals surface area (Å²) in [6, 6.07) is 18.4. The Balaban J connectivity index is 1.88. The van der Waals surface area contributed by atoms with Gasteiger partial charge >= 0.3 is 5.97 Å². The number of aliphatic hydroxyl groups is 1. The molecule has 4 rings (SSSR count). The monoisotopic (exact) mass is 431 g/mol. The van der Waals surface area contributed by atoms with Crippen LogP contribution in [0.15, 0.2) is 66.7 Å². The van der Waals surface area contributed by atoms with Crippen molar-refractivity contribution in [2.75, 3.05) is 0 Å².